The second-order valence-electron chi connectivity index (χ2n) is 5.59. The largest absolute Gasteiger partial charge is 0.379 e. The number of hydrogen-bond donors (Lipinski definition) is 0. The van der Waals surface area contributed by atoms with E-state index in [2.05, 4.69) is 11.8 Å². The fraction of sp³-hybridized carbons (Fsp3) is 0.588. The van der Waals surface area contributed by atoms with Crippen LogP contribution in [0.25, 0.3) is 0 Å². The van der Waals surface area contributed by atoms with Crippen LogP contribution in [0.5, 0.6) is 0 Å². The average Bonchev–Trinajstić information content (AvgIpc) is 2.55. The van der Waals surface area contributed by atoms with Crippen molar-refractivity contribution in [3.05, 3.63) is 35.9 Å². The van der Waals surface area contributed by atoms with Gasteiger partial charge in [0.1, 0.15) is 0 Å². The number of likely N-dealkylation sites (N-methyl/N-ethyl adjacent to an activating group) is 1. The van der Waals surface area contributed by atoms with Crippen LogP contribution in [0, 0.1) is 0 Å². The second kappa shape index (κ2) is 8.15. The number of carbonyl (C=O) groups is 1. The van der Waals surface area contributed by atoms with Gasteiger partial charge in [-0.15, -0.1) is 0 Å². The molecule has 2 rings (SSSR count). The maximum absolute atomic E-state index is 12.6. The Morgan fingerprint density at radius 1 is 1.29 bits per heavy atom. The lowest BCUT2D eigenvalue weighted by molar-refractivity contribution is -0.131. The molecule has 1 saturated heterocycles. The average molecular weight is 290 g/mol. The first-order chi connectivity index (χ1) is 10.2. The molecule has 0 aromatic heterocycles. The van der Waals surface area contributed by atoms with Crippen LogP contribution < -0.4 is 0 Å². The lowest BCUT2D eigenvalue weighted by Crippen LogP contribution is -2.42. The fourth-order valence-electron chi connectivity index (χ4n) is 2.73. The van der Waals surface area contributed by atoms with Gasteiger partial charge in [-0.1, -0.05) is 37.3 Å². The summed E-state index contributed by atoms with van der Waals surface area (Å²) < 4.78 is 5.35. The summed E-state index contributed by atoms with van der Waals surface area (Å²) in [6, 6.07) is 10.1. The molecule has 0 aliphatic carbocycles. The summed E-state index contributed by atoms with van der Waals surface area (Å²) in [5.74, 6) is 0.192. The number of amides is 1. The van der Waals surface area contributed by atoms with Gasteiger partial charge in [0.2, 0.25) is 5.91 Å². The third-order valence-electron chi connectivity index (χ3n) is 4.14. The molecule has 1 atom stereocenters. The maximum atomic E-state index is 12.6. The first-order valence-electron chi connectivity index (χ1n) is 7.82. The van der Waals surface area contributed by atoms with Crippen LogP contribution in [0.15, 0.2) is 30.3 Å². The zero-order chi connectivity index (χ0) is 15.1. The Morgan fingerprint density at radius 2 is 1.95 bits per heavy atom. The number of ether oxygens (including phenoxy) is 1. The zero-order valence-corrected chi connectivity index (χ0v) is 13.1. The van der Waals surface area contributed by atoms with Crippen molar-refractivity contribution in [2.24, 2.45) is 0 Å². The highest BCUT2D eigenvalue weighted by Gasteiger charge is 2.22. The second-order valence-corrected chi connectivity index (χ2v) is 5.59. The monoisotopic (exact) mass is 290 g/mol. The molecule has 21 heavy (non-hydrogen) atoms. The minimum Gasteiger partial charge on any atom is -0.379 e. The van der Waals surface area contributed by atoms with Gasteiger partial charge in [0.05, 0.1) is 19.1 Å². The van der Waals surface area contributed by atoms with Gasteiger partial charge in [0.15, 0.2) is 0 Å². The Balaban J connectivity index is 1.88. The smallest absolute Gasteiger partial charge is 0.229 e. The fourth-order valence-corrected chi connectivity index (χ4v) is 2.73. The Morgan fingerprint density at radius 3 is 2.57 bits per heavy atom. The van der Waals surface area contributed by atoms with E-state index in [1.54, 1.807) is 0 Å². The van der Waals surface area contributed by atoms with Gasteiger partial charge in [-0.25, -0.2) is 0 Å². The van der Waals surface area contributed by atoms with Gasteiger partial charge in [-0.3, -0.25) is 9.69 Å². The molecule has 1 amide bonds. The van der Waals surface area contributed by atoms with Crippen molar-refractivity contribution in [2.75, 3.05) is 46.4 Å². The van der Waals surface area contributed by atoms with Crippen molar-refractivity contribution in [3.63, 3.8) is 0 Å². The molecule has 0 bridgehead atoms. The standard InChI is InChI=1S/C17H26N2O2/c1-3-16(15-7-5-4-6-8-15)17(20)18(2)9-10-19-11-13-21-14-12-19/h4-8,16H,3,9-14H2,1-2H3/t16-/m0/s1. The highest BCUT2D eigenvalue weighted by Crippen LogP contribution is 2.21. The molecule has 1 fully saturated rings. The molecular formula is C17H26N2O2. The van der Waals surface area contributed by atoms with Crippen LogP contribution >= 0.6 is 0 Å². The van der Waals surface area contributed by atoms with Crippen molar-refractivity contribution in [1.29, 1.82) is 0 Å². The van der Waals surface area contributed by atoms with Crippen molar-refractivity contribution in [2.45, 2.75) is 19.3 Å². The first-order valence-corrected chi connectivity index (χ1v) is 7.82. The summed E-state index contributed by atoms with van der Waals surface area (Å²) in [5, 5.41) is 0. The highest BCUT2D eigenvalue weighted by atomic mass is 16.5. The van der Waals surface area contributed by atoms with Crippen LogP contribution in [0.1, 0.15) is 24.8 Å². The van der Waals surface area contributed by atoms with Crippen molar-refractivity contribution in [3.8, 4) is 0 Å². The minimum absolute atomic E-state index is 0.0270. The van der Waals surface area contributed by atoms with E-state index in [9.17, 15) is 4.79 Å². The number of rotatable bonds is 6. The molecule has 1 aliphatic heterocycles. The van der Waals surface area contributed by atoms with Gasteiger partial charge in [0.25, 0.3) is 0 Å². The van der Waals surface area contributed by atoms with Gasteiger partial charge in [-0.2, -0.15) is 0 Å². The Bertz CT molecular complexity index is 430. The molecular weight excluding hydrogens is 264 g/mol. The molecule has 0 radical (unpaired) electrons. The Hall–Kier alpha value is -1.39. The minimum atomic E-state index is -0.0270. The van der Waals surface area contributed by atoms with E-state index >= 15 is 0 Å². The SMILES string of the molecule is CC[C@H](C(=O)N(C)CCN1CCOCC1)c1ccccc1. The quantitative estimate of drug-likeness (QED) is 0.803. The number of nitrogens with zero attached hydrogens (tertiary/aromatic N) is 2. The van der Waals surface area contributed by atoms with Crippen molar-refractivity contribution in [1.82, 2.24) is 9.80 Å². The van der Waals surface area contributed by atoms with Gasteiger partial charge in [0, 0.05) is 33.2 Å². The molecule has 1 aromatic carbocycles. The van der Waals surface area contributed by atoms with E-state index in [0.29, 0.717) is 0 Å². The lowest BCUT2D eigenvalue weighted by atomic mass is 9.95. The topological polar surface area (TPSA) is 32.8 Å². The summed E-state index contributed by atoms with van der Waals surface area (Å²) in [6.45, 7) is 7.33. The summed E-state index contributed by atoms with van der Waals surface area (Å²) in [7, 11) is 1.91. The van der Waals surface area contributed by atoms with Gasteiger partial charge in [-0.05, 0) is 12.0 Å². The normalized spacial score (nSPS) is 17.4. The molecule has 0 N–H and O–H groups in total. The zero-order valence-electron chi connectivity index (χ0n) is 13.1. The van der Waals surface area contributed by atoms with E-state index in [1.165, 1.54) is 0 Å². The molecule has 1 heterocycles. The summed E-state index contributed by atoms with van der Waals surface area (Å²) in [6.07, 6.45) is 0.838. The number of hydrogen-bond acceptors (Lipinski definition) is 3. The van der Waals surface area contributed by atoms with E-state index < -0.39 is 0 Å². The van der Waals surface area contributed by atoms with E-state index in [0.717, 1.165) is 51.4 Å². The van der Waals surface area contributed by atoms with Crippen molar-refractivity contribution < 1.29 is 9.53 Å². The van der Waals surface area contributed by atoms with E-state index in [4.69, 9.17) is 4.74 Å². The van der Waals surface area contributed by atoms with E-state index in [-0.39, 0.29) is 11.8 Å². The molecule has 0 spiro atoms. The number of benzene rings is 1. The molecule has 116 valence electrons. The third-order valence-corrected chi connectivity index (χ3v) is 4.14. The van der Waals surface area contributed by atoms with E-state index in [1.807, 2.05) is 42.3 Å². The molecule has 4 nitrogen and oxygen atoms in total. The molecule has 1 aromatic rings. The predicted octanol–water partition coefficient (Wildman–Crippen LogP) is 1.97. The highest BCUT2D eigenvalue weighted by molar-refractivity contribution is 5.83. The molecule has 4 heteroatoms. The Kier molecular flexibility index (Phi) is 6.21. The number of carbonyl (C=O) groups excluding carboxylic acids is 1. The van der Waals surface area contributed by atoms with Gasteiger partial charge >= 0.3 is 0 Å². The van der Waals surface area contributed by atoms with Crippen LogP contribution in [-0.2, 0) is 9.53 Å². The molecule has 1 aliphatic rings. The van der Waals surface area contributed by atoms with Gasteiger partial charge < -0.3 is 9.64 Å². The van der Waals surface area contributed by atoms with Crippen LogP contribution in [0.4, 0.5) is 0 Å². The van der Waals surface area contributed by atoms with Crippen LogP contribution in [-0.4, -0.2) is 62.1 Å². The lowest BCUT2D eigenvalue weighted by Gasteiger charge is -2.30. The third kappa shape index (κ3) is 4.55. The van der Waals surface area contributed by atoms with Crippen LogP contribution in [0.2, 0.25) is 0 Å². The molecule has 0 unspecified atom stereocenters. The predicted molar refractivity (Wildman–Crippen MR) is 84.4 cm³/mol. The maximum Gasteiger partial charge on any atom is 0.229 e. The summed E-state index contributed by atoms with van der Waals surface area (Å²) >= 11 is 0. The Labute approximate surface area is 127 Å². The molecule has 0 saturated carbocycles. The van der Waals surface area contributed by atoms with Crippen molar-refractivity contribution >= 4 is 5.91 Å². The summed E-state index contributed by atoms with van der Waals surface area (Å²) in [5.41, 5.74) is 1.11. The van der Waals surface area contributed by atoms with Crippen LogP contribution in [0.3, 0.4) is 0 Å². The first kappa shape index (κ1) is 16.0. The number of morpholine rings is 1. The summed E-state index contributed by atoms with van der Waals surface area (Å²) in [4.78, 5) is 16.9.